The largest absolute Gasteiger partial charge is 0.446 e. The molecule has 5 heteroatoms. The number of fused-ring (bicyclic) bond motifs is 2. The number of rotatable bonds is 8. The van der Waals surface area contributed by atoms with Crippen LogP contribution in [0, 0.1) is 0 Å². The molecule has 4 N–H and O–H groups in total. The van der Waals surface area contributed by atoms with Crippen molar-refractivity contribution in [1.82, 2.24) is 10.3 Å². The van der Waals surface area contributed by atoms with E-state index in [9.17, 15) is 0 Å². The van der Waals surface area contributed by atoms with E-state index in [-0.39, 0.29) is 0 Å². The highest BCUT2D eigenvalue weighted by Gasteiger charge is 2.10. The lowest BCUT2D eigenvalue weighted by atomic mass is 10.1. The Hall–Kier alpha value is -2.11. The van der Waals surface area contributed by atoms with Crippen LogP contribution >= 0.6 is 0 Å². The second-order valence-electron chi connectivity index (χ2n) is 5.32. The average Bonchev–Trinajstić information content (AvgIpc) is 3.01. The van der Waals surface area contributed by atoms with E-state index >= 15 is 0 Å². The molecule has 0 radical (unpaired) electrons. The molecule has 0 aliphatic carbocycles. The molecule has 3 aromatic rings. The van der Waals surface area contributed by atoms with Crippen LogP contribution in [0.1, 0.15) is 12.8 Å². The van der Waals surface area contributed by atoms with Crippen LogP contribution in [-0.2, 0) is 0 Å². The zero-order valence-electron chi connectivity index (χ0n) is 12.6. The molecule has 0 fully saturated rings. The summed E-state index contributed by atoms with van der Waals surface area (Å²) in [5.74, 6) is 0. The Morgan fingerprint density at radius 3 is 2.77 bits per heavy atom. The minimum atomic E-state index is 0.683. The number of hydrogen-bond donors (Lipinski definition) is 3. The lowest BCUT2D eigenvalue weighted by Gasteiger charge is -2.11. The maximum absolute atomic E-state index is 5.47. The molecule has 0 amide bonds. The van der Waals surface area contributed by atoms with Gasteiger partial charge in [-0.2, -0.15) is 0 Å². The van der Waals surface area contributed by atoms with E-state index in [1.165, 1.54) is 0 Å². The van der Waals surface area contributed by atoms with Crippen LogP contribution in [0.4, 0.5) is 5.69 Å². The van der Waals surface area contributed by atoms with Gasteiger partial charge in [-0.3, -0.25) is 0 Å². The van der Waals surface area contributed by atoms with Crippen molar-refractivity contribution in [3.8, 4) is 0 Å². The zero-order chi connectivity index (χ0) is 15.2. The molecule has 0 saturated carbocycles. The molecule has 2 heterocycles. The summed E-state index contributed by atoms with van der Waals surface area (Å²) in [4.78, 5) is 4.55. The van der Waals surface area contributed by atoms with Gasteiger partial charge in [0.1, 0.15) is 0 Å². The van der Waals surface area contributed by atoms with Crippen LogP contribution in [0.15, 0.2) is 41.0 Å². The number of nitrogens with two attached hydrogens (primary N) is 1. The lowest BCUT2D eigenvalue weighted by Crippen LogP contribution is -2.21. The number of nitrogens with one attached hydrogen (secondary N) is 2. The first-order valence-electron chi connectivity index (χ1n) is 7.81. The number of nitrogens with zero attached hydrogens (tertiary/aromatic N) is 1. The molecule has 0 atom stereocenters. The first-order valence-corrected chi connectivity index (χ1v) is 7.81. The fraction of sp³-hybridized carbons (Fsp3) is 0.353. The van der Waals surface area contributed by atoms with Crippen molar-refractivity contribution in [2.75, 3.05) is 31.5 Å². The van der Waals surface area contributed by atoms with E-state index in [4.69, 9.17) is 10.2 Å². The van der Waals surface area contributed by atoms with E-state index in [1.807, 2.05) is 24.3 Å². The number of hydrogen-bond acceptors (Lipinski definition) is 5. The van der Waals surface area contributed by atoms with E-state index in [2.05, 4.69) is 21.7 Å². The van der Waals surface area contributed by atoms with E-state index in [0.29, 0.717) is 5.71 Å². The topological polar surface area (TPSA) is 76.1 Å². The highest BCUT2D eigenvalue weighted by molar-refractivity contribution is 6.05. The van der Waals surface area contributed by atoms with Gasteiger partial charge in [-0.1, -0.05) is 18.2 Å². The number of furan rings is 1. The van der Waals surface area contributed by atoms with Crippen molar-refractivity contribution < 1.29 is 4.42 Å². The smallest absolute Gasteiger partial charge is 0.228 e. The Bertz CT molecular complexity index is 738. The third kappa shape index (κ3) is 3.21. The molecule has 5 nitrogen and oxygen atoms in total. The molecule has 0 saturated heterocycles. The van der Waals surface area contributed by atoms with Crippen molar-refractivity contribution in [1.29, 1.82) is 0 Å². The predicted octanol–water partition coefficient (Wildman–Crippen LogP) is 2.72. The first-order chi connectivity index (χ1) is 10.9. The van der Waals surface area contributed by atoms with Crippen molar-refractivity contribution in [3.05, 3.63) is 36.6 Å². The van der Waals surface area contributed by atoms with Crippen LogP contribution < -0.4 is 16.4 Å². The van der Waals surface area contributed by atoms with E-state index < -0.39 is 0 Å². The summed E-state index contributed by atoms with van der Waals surface area (Å²) in [7, 11) is 0. The van der Waals surface area contributed by atoms with Gasteiger partial charge < -0.3 is 20.8 Å². The number of pyridine rings is 1. The van der Waals surface area contributed by atoms with E-state index in [1.54, 1.807) is 6.26 Å². The number of benzene rings is 1. The van der Waals surface area contributed by atoms with Gasteiger partial charge in [0.15, 0.2) is 0 Å². The maximum atomic E-state index is 5.47. The lowest BCUT2D eigenvalue weighted by molar-refractivity contribution is 0.604. The maximum Gasteiger partial charge on any atom is 0.228 e. The number of anilines is 1. The second kappa shape index (κ2) is 7.24. The summed E-state index contributed by atoms with van der Waals surface area (Å²) >= 11 is 0. The summed E-state index contributed by atoms with van der Waals surface area (Å²) in [5.41, 5.74) is 8.22. The fourth-order valence-corrected chi connectivity index (χ4v) is 2.58. The van der Waals surface area contributed by atoms with Gasteiger partial charge in [0.2, 0.25) is 5.71 Å². The Balaban J connectivity index is 1.70. The summed E-state index contributed by atoms with van der Waals surface area (Å²) < 4.78 is 5.46. The Labute approximate surface area is 129 Å². The third-order valence-electron chi connectivity index (χ3n) is 3.70. The van der Waals surface area contributed by atoms with Gasteiger partial charge in [0.25, 0.3) is 0 Å². The Morgan fingerprint density at radius 2 is 1.86 bits per heavy atom. The van der Waals surface area contributed by atoms with E-state index in [0.717, 1.165) is 61.0 Å². The monoisotopic (exact) mass is 298 g/mol. The highest BCUT2D eigenvalue weighted by atomic mass is 16.3. The van der Waals surface area contributed by atoms with Gasteiger partial charge in [-0.15, -0.1) is 0 Å². The van der Waals surface area contributed by atoms with Crippen molar-refractivity contribution in [2.24, 2.45) is 5.73 Å². The summed E-state index contributed by atoms with van der Waals surface area (Å²) in [6, 6.07) is 10.1. The molecular formula is C17H22N4O. The minimum absolute atomic E-state index is 0.683. The standard InChI is InChI=1S/C17H22N4O/c18-8-3-9-19-10-4-11-20-16-13-5-1-2-6-15(13)21-17-14(16)7-12-22-17/h1-2,5-7,12,19H,3-4,8-11,18H2,(H,20,21). The average molecular weight is 298 g/mol. The number of para-hydroxylation sites is 1. The quantitative estimate of drug-likeness (QED) is 0.557. The van der Waals surface area contributed by atoms with Gasteiger partial charge >= 0.3 is 0 Å². The van der Waals surface area contributed by atoms with Gasteiger partial charge in [-0.05, 0) is 44.6 Å². The molecule has 0 aliphatic heterocycles. The normalized spacial score (nSPS) is 11.3. The molecule has 0 aliphatic rings. The molecule has 3 rings (SSSR count). The molecule has 2 aromatic heterocycles. The molecule has 1 aromatic carbocycles. The second-order valence-corrected chi connectivity index (χ2v) is 5.32. The molecule has 0 unspecified atom stereocenters. The number of aromatic nitrogens is 1. The third-order valence-corrected chi connectivity index (χ3v) is 3.70. The predicted molar refractivity (Wildman–Crippen MR) is 91.2 cm³/mol. The van der Waals surface area contributed by atoms with Gasteiger partial charge in [0, 0.05) is 11.9 Å². The molecular weight excluding hydrogens is 276 g/mol. The van der Waals surface area contributed by atoms with Crippen molar-refractivity contribution in [3.63, 3.8) is 0 Å². The molecule has 0 bridgehead atoms. The summed E-state index contributed by atoms with van der Waals surface area (Å²) in [6.45, 7) is 3.63. The first kappa shape index (κ1) is 14.8. The molecule has 116 valence electrons. The fourth-order valence-electron chi connectivity index (χ4n) is 2.58. The van der Waals surface area contributed by atoms with Crippen molar-refractivity contribution >= 4 is 27.7 Å². The van der Waals surface area contributed by atoms with Gasteiger partial charge in [-0.25, -0.2) is 4.98 Å². The van der Waals surface area contributed by atoms with Crippen LogP contribution in [-0.4, -0.2) is 31.2 Å². The summed E-state index contributed by atoms with van der Waals surface area (Å²) in [5, 5.41) is 9.10. The van der Waals surface area contributed by atoms with Crippen LogP contribution in [0.2, 0.25) is 0 Å². The zero-order valence-corrected chi connectivity index (χ0v) is 12.6. The van der Waals surface area contributed by atoms with Gasteiger partial charge in [0.05, 0.1) is 22.9 Å². The van der Waals surface area contributed by atoms with Crippen LogP contribution in [0.5, 0.6) is 0 Å². The van der Waals surface area contributed by atoms with Crippen LogP contribution in [0.25, 0.3) is 22.0 Å². The molecule has 22 heavy (non-hydrogen) atoms. The Kier molecular flexibility index (Phi) is 4.88. The Morgan fingerprint density at radius 1 is 1.00 bits per heavy atom. The van der Waals surface area contributed by atoms with Crippen LogP contribution in [0.3, 0.4) is 0 Å². The minimum Gasteiger partial charge on any atom is -0.446 e. The summed E-state index contributed by atoms with van der Waals surface area (Å²) in [6.07, 6.45) is 3.77. The highest BCUT2D eigenvalue weighted by Crippen LogP contribution is 2.31. The van der Waals surface area contributed by atoms with Crippen molar-refractivity contribution in [2.45, 2.75) is 12.8 Å². The molecule has 0 spiro atoms. The SMILES string of the molecule is NCCCNCCCNc1c2ccccc2nc2occc12.